The number of aromatic amines is 1. The fraction of sp³-hybridized carbons (Fsp3) is 0.348. The summed E-state index contributed by atoms with van der Waals surface area (Å²) in [6.45, 7) is 1.54. The van der Waals surface area contributed by atoms with Gasteiger partial charge in [-0.3, -0.25) is 4.79 Å². The van der Waals surface area contributed by atoms with E-state index in [9.17, 15) is 18.0 Å². The molecule has 4 nitrogen and oxygen atoms in total. The standard InChI is InChI=1S/C23H21F3N2O2/c24-16-3-1-13(2-4-16)21-20(18-7-17(25)8-19(26)22(18)28-21)14-5-12(6-14)9-27-23(29)15-10-30-11-15/h1-4,7-8,12,14-15,28H,5-6,9-11H2,(H,27,29)/t12-,14+. The van der Waals surface area contributed by atoms with Gasteiger partial charge in [0.2, 0.25) is 5.91 Å². The van der Waals surface area contributed by atoms with E-state index in [1.54, 1.807) is 12.1 Å². The Balaban J connectivity index is 1.41. The molecule has 1 aliphatic carbocycles. The summed E-state index contributed by atoms with van der Waals surface area (Å²) < 4.78 is 46.8. The molecule has 0 radical (unpaired) electrons. The lowest BCUT2D eigenvalue weighted by molar-refractivity contribution is -0.139. The molecular weight excluding hydrogens is 393 g/mol. The largest absolute Gasteiger partial charge is 0.380 e. The van der Waals surface area contributed by atoms with Crippen LogP contribution < -0.4 is 5.32 Å². The van der Waals surface area contributed by atoms with E-state index in [4.69, 9.17) is 4.74 Å². The van der Waals surface area contributed by atoms with Gasteiger partial charge in [0.15, 0.2) is 0 Å². The minimum atomic E-state index is -0.648. The van der Waals surface area contributed by atoms with E-state index >= 15 is 0 Å². The maximum atomic E-state index is 14.4. The molecule has 30 heavy (non-hydrogen) atoms. The smallest absolute Gasteiger partial charge is 0.227 e. The number of carbonyl (C=O) groups excluding carboxylic acids is 1. The summed E-state index contributed by atoms with van der Waals surface area (Å²) in [5, 5.41) is 3.49. The summed E-state index contributed by atoms with van der Waals surface area (Å²) in [6.07, 6.45) is 1.61. The zero-order chi connectivity index (χ0) is 20.8. The first-order valence-corrected chi connectivity index (χ1v) is 10.1. The number of rotatable bonds is 5. The van der Waals surface area contributed by atoms with Crippen molar-refractivity contribution in [3.05, 3.63) is 59.4 Å². The van der Waals surface area contributed by atoms with Crippen LogP contribution in [-0.2, 0) is 9.53 Å². The topological polar surface area (TPSA) is 54.1 Å². The Labute approximate surface area is 171 Å². The molecule has 2 heterocycles. The second-order valence-corrected chi connectivity index (χ2v) is 8.24. The molecule has 156 valence electrons. The van der Waals surface area contributed by atoms with Crippen molar-refractivity contribution in [3.8, 4) is 11.3 Å². The lowest BCUT2D eigenvalue weighted by Gasteiger charge is -2.37. The first-order chi connectivity index (χ1) is 14.5. The SMILES string of the molecule is O=C(NC[C@H]1C[C@@H](c2c(-c3ccc(F)cc3)[nH]c3c(F)cc(F)cc32)C1)C1COC1. The van der Waals surface area contributed by atoms with Crippen LogP contribution in [-0.4, -0.2) is 30.6 Å². The molecule has 1 amide bonds. The van der Waals surface area contributed by atoms with Crippen molar-refractivity contribution in [2.24, 2.45) is 11.8 Å². The van der Waals surface area contributed by atoms with Crippen LogP contribution >= 0.6 is 0 Å². The predicted octanol–water partition coefficient (Wildman–Crippen LogP) is 4.51. The Kier molecular flexibility index (Phi) is 4.77. The van der Waals surface area contributed by atoms with Crippen LogP contribution in [0.3, 0.4) is 0 Å². The zero-order valence-electron chi connectivity index (χ0n) is 16.2. The van der Waals surface area contributed by atoms with E-state index in [-0.39, 0.29) is 29.1 Å². The highest BCUT2D eigenvalue weighted by atomic mass is 19.1. The van der Waals surface area contributed by atoms with Crippen LogP contribution in [0.1, 0.15) is 24.3 Å². The Morgan fingerprint density at radius 1 is 1.07 bits per heavy atom. The fourth-order valence-corrected chi connectivity index (χ4v) is 4.42. The fourth-order valence-electron chi connectivity index (χ4n) is 4.42. The molecule has 2 N–H and O–H groups in total. The Hall–Kier alpha value is -2.80. The van der Waals surface area contributed by atoms with Gasteiger partial charge in [0.25, 0.3) is 0 Å². The quantitative estimate of drug-likeness (QED) is 0.646. The number of benzene rings is 2. The van der Waals surface area contributed by atoms with Crippen molar-refractivity contribution >= 4 is 16.8 Å². The van der Waals surface area contributed by atoms with Crippen LogP contribution in [0.25, 0.3) is 22.2 Å². The molecule has 2 aliphatic rings. The van der Waals surface area contributed by atoms with Gasteiger partial charge in [-0.2, -0.15) is 0 Å². The van der Waals surface area contributed by atoms with Crippen molar-refractivity contribution in [2.75, 3.05) is 19.8 Å². The number of ether oxygens (including phenoxy) is 1. The van der Waals surface area contributed by atoms with Crippen molar-refractivity contribution in [3.63, 3.8) is 0 Å². The van der Waals surface area contributed by atoms with Crippen molar-refractivity contribution < 1.29 is 22.7 Å². The number of halogens is 3. The van der Waals surface area contributed by atoms with Crippen LogP contribution in [0, 0.1) is 29.3 Å². The second-order valence-electron chi connectivity index (χ2n) is 8.24. The molecule has 5 rings (SSSR count). The van der Waals surface area contributed by atoms with Crippen LogP contribution in [0.4, 0.5) is 13.2 Å². The van der Waals surface area contributed by atoms with Crippen molar-refractivity contribution in [1.82, 2.24) is 10.3 Å². The molecule has 2 fully saturated rings. The lowest BCUT2D eigenvalue weighted by atomic mass is 9.70. The number of nitrogens with one attached hydrogen (secondary N) is 2. The highest BCUT2D eigenvalue weighted by Crippen LogP contribution is 2.48. The van der Waals surface area contributed by atoms with Gasteiger partial charge in [-0.05, 0) is 66.1 Å². The van der Waals surface area contributed by atoms with Crippen molar-refractivity contribution in [2.45, 2.75) is 18.8 Å². The van der Waals surface area contributed by atoms with Crippen molar-refractivity contribution in [1.29, 1.82) is 0 Å². The summed E-state index contributed by atoms with van der Waals surface area (Å²) in [4.78, 5) is 15.1. The molecule has 0 bridgehead atoms. The lowest BCUT2D eigenvalue weighted by Crippen LogP contribution is -2.45. The number of aromatic nitrogens is 1. The van der Waals surface area contributed by atoms with E-state index in [0.29, 0.717) is 36.8 Å². The summed E-state index contributed by atoms with van der Waals surface area (Å²) in [5.41, 5.74) is 2.52. The zero-order valence-corrected chi connectivity index (χ0v) is 16.2. The Morgan fingerprint density at radius 3 is 2.47 bits per heavy atom. The van der Waals surface area contributed by atoms with Gasteiger partial charge in [0.05, 0.1) is 30.3 Å². The van der Waals surface area contributed by atoms with Gasteiger partial charge in [-0.15, -0.1) is 0 Å². The molecule has 0 atom stereocenters. The van der Waals surface area contributed by atoms with E-state index in [1.807, 2.05) is 0 Å². The third-order valence-electron chi connectivity index (χ3n) is 6.22. The van der Waals surface area contributed by atoms with Gasteiger partial charge in [0, 0.05) is 18.0 Å². The molecule has 2 aromatic carbocycles. The van der Waals surface area contributed by atoms with Gasteiger partial charge in [-0.1, -0.05) is 0 Å². The number of H-pyrrole nitrogens is 1. The first kappa shape index (κ1) is 19.2. The molecule has 0 spiro atoms. The number of hydrogen-bond acceptors (Lipinski definition) is 2. The van der Waals surface area contributed by atoms with Crippen LogP contribution in [0.5, 0.6) is 0 Å². The molecule has 3 aromatic rings. The normalized spacial score (nSPS) is 21.3. The molecule has 1 saturated carbocycles. The molecular formula is C23H21F3N2O2. The van der Waals surface area contributed by atoms with Gasteiger partial charge in [-0.25, -0.2) is 13.2 Å². The van der Waals surface area contributed by atoms with E-state index in [2.05, 4.69) is 10.3 Å². The average molecular weight is 414 g/mol. The van der Waals surface area contributed by atoms with Gasteiger partial charge in [0.1, 0.15) is 17.5 Å². The summed E-state index contributed by atoms with van der Waals surface area (Å²) in [7, 11) is 0. The first-order valence-electron chi connectivity index (χ1n) is 10.1. The third kappa shape index (κ3) is 3.37. The van der Waals surface area contributed by atoms with Gasteiger partial charge >= 0.3 is 0 Å². The monoisotopic (exact) mass is 414 g/mol. The third-order valence-corrected chi connectivity index (χ3v) is 6.22. The number of carbonyl (C=O) groups is 1. The number of hydrogen-bond donors (Lipinski definition) is 2. The minimum absolute atomic E-state index is 0.0212. The maximum Gasteiger partial charge on any atom is 0.227 e. The van der Waals surface area contributed by atoms with Gasteiger partial charge < -0.3 is 15.0 Å². The Morgan fingerprint density at radius 2 is 1.80 bits per heavy atom. The summed E-state index contributed by atoms with van der Waals surface area (Å²) in [5.74, 6) is -1.25. The maximum absolute atomic E-state index is 14.4. The molecule has 1 aromatic heterocycles. The van der Waals surface area contributed by atoms with E-state index < -0.39 is 11.6 Å². The highest BCUT2D eigenvalue weighted by molar-refractivity contribution is 5.92. The molecule has 1 saturated heterocycles. The molecule has 1 aliphatic heterocycles. The molecule has 0 unspecified atom stereocenters. The van der Waals surface area contributed by atoms with E-state index in [0.717, 1.165) is 30.0 Å². The summed E-state index contributed by atoms with van der Waals surface area (Å²) >= 11 is 0. The molecule has 7 heteroatoms. The second kappa shape index (κ2) is 7.47. The van der Waals surface area contributed by atoms with Crippen LogP contribution in [0.15, 0.2) is 36.4 Å². The number of fused-ring (bicyclic) bond motifs is 1. The van der Waals surface area contributed by atoms with Crippen LogP contribution in [0.2, 0.25) is 0 Å². The minimum Gasteiger partial charge on any atom is -0.380 e. The number of amides is 1. The predicted molar refractivity (Wildman–Crippen MR) is 106 cm³/mol. The van der Waals surface area contributed by atoms with E-state index in [1.165, 1.54) is 18.2 Å². The highest BCUT2D eigenvalue weighted by Gasteiger charge is 2.35. The Bertz CT molecular complexity index is 1100. The summed E-state index contributed by atoms with van der Waals surface area (Å²) in [6, 6.07) is 8.18. The average Bonchev–Trinajstić information content (AvgIpc) is 2.99.